The molecule has 0 atom stereocenters. The molecule has 1 N–H and O–H groups in total. The number of nitrogens with zero attached hydrogens (tertiary/aromatic N) is 2. The lowest BCUT2D eigenvalue weighted by atomic mass is 10.4. The fourth-order valence-electron chi connectivity index (χ4n) is 1.25. The van der Waals surface area contributed by atoms with E-state index in [4.69, 9.17) is 16.8 Å². The molecule has 0 radical (unpaired) electrons. The Morgan fingerprint density at radius 1 is 1.57 bits per heavy atom. The van der Waals surface area contributed by atoms with Crippen LogP contribution in [0.3, 0.4) is 0 Å². The largest absolute Gasteiger partial charge is 0.314 e. The molecule has 0 aromatic carbocycles. The summed E-state index contributed by atoms with van der Waals surface area (Å²) >= 11 is 7.38. The van der Waals surface area contributed by atoms with Crippen LogP contribution in [0.2, 0.25) is 5.15 Å². The molecule has 0 saturated heterocycles. The van der Waals surface area contributed by atoms with Gasteiger partial charge in [-0.25, -0.2) is 4.98 Å². The Bertz CT molecular complexity index is 455. The zero-order chi connectivity index (χ0) is 10.1. The van der Waals surface area contributed by atoms with E-state index in [1.807, 2.05) is 12.1 Å². The lowest BCUT2D eigenvalue weighted by molar-refractivity contribution is -0.0723. The maximum Gasteiger partial charge on any atom is 0.129 e. The molecule has 0 spiro atoms. The van der Waals surface area contributed by atoms with E-state index in [0.717, 1.165) is 20.2 Å². The normalized spacial score (nSPS) is 11.4. The Hall–Kier alpha value is -0.680. The predicted octanol–water partition coefficient (Wildman–Crippen LogP) is 2.77. The van der Waals surface area contributed by atoms with Crippen LogP contribution in [0, 0.1) is 0 Å². The van der Waals surface area contributed by atoms with E-state index in [1.165, 1.54) is 0 Å². The van der Waals surface area contributed by atoms with Crippen LogP contribution >= 0.6 is 22.9 Å². The Labute approximate surface area is 90.5 Å². The number of fused-ring (bicyclic) bond motifs is 1. The molecule has 0 aliphatic heterocycles. The molecule has 0 amide bonds. The van der Waals surface area contributed by atoms with Crippen LogP contribution < -0.4 is 0 Å². The zero-order valence-electron chi connectivity index (χ0n) is 7.57. The van der Waals surface area contributed by atoms with E-state index < -0.39 is 0 Å². The third-order valence-electron chi connectivity index (χ3n) is 1.78. The highest BCUT2D eigenvalue weighted by Crippen LogP contribution is 2.25. The van der Waals surface area contributed by atoms with Crippen LogP contribution in [-0.2, 0) is 6.54 Å². The summed E-state index contributed by atoms with van der Waals surface area (Å²) in [5.74, 6) is 0. The molecule has 2 heterocycles. The van der Waals surface area contributed by atoms with E-state index >= 15 is 0 Å². The van der Waals surface area contributed by atoms with Crippen LogP contribution in [0.15, 0.2) is 18.2 Å². The number of hydrogen-bond donors (Lipinski definition) is 1. The summed E-state index contributed by atoms with van der Waals surface area (Å²) in [6.45, 7) is 0.513. The van der Waals surface area contributed by atoms with Gasteiger partial charge in [0.2, 0.25) is 0 Å². The smallest absolute Gasteiger partial charge is 0.129 e. The van der Waals surface area contributed by atoms with Crippen molar-refractivity contribution in [3.05, 3.63) is 28.2 Å². The van der Waals surface area contributed by atoms with Crippen molar-refractivity contribution in [2.45, 2.75) is 6.54 Å². The maximum absolute atomic E-state index is 9.08. The molecule has 2 aromatic rings. The standard InChI is InChI=1S/C9H9ClN2OS/c1-12(13)5-6-4-7-8(14-6)2-3-9(10)11-7/h2-4,13H,5H2,1H3. The third-order valence-corrected chi connectivity index (χ3v) is 3.06. The second-order valence-electron chi connectivity index (χ2n) is 3.05. The van der Waals surface area contributed by atoms with Crippen molar-refractivity contribution in [3.63, 3.8) is 0 Å². The Morgan fingerprint density at radius 3 is 3.07 bits per heavy atom. The summed E-state index contributed by atoms with van der Waals surface area (Å²) in [4.78, 5) is 5.25. The van der Waals surface area contributed by atoms with E-state index in [0.29, 0.717) is 11.7 Å². The lowest BCUT2D eigenvalue weighted by Gasteiger charge is -2.03. The SMILES string of the molecule is CN(O)Cc1cc2nc(Cl)ccc2s1. The number of aromatic nitrogens is 1. The van der Waals surface area contributed by atoms with Gasteiger partial charge in [-0.2, -0.15) is 5.06 Å². The van der Waals surface area contributed by atoms with E-state index in [1.54, 1.807) is 24.5 Å². The fraction of sp³-hybridized carbons (Fsp3) is 0.222. The molecule has 5 heteroatoms. The molecule has 3 nitrogen and oxygen atoms in total. The van der Waals surface area contributed by atoms with Gasteiger partial charge in [-0.1, -0.05) is 11.6 Å². The van der Waals surface area contributed by atoms with Gasteiger partial charge in [0.1, 0.15) is 5.15 Å². The number of pyridine rings is 1. The highest BCUT2D eigenvalue weighted by molar-refractivity contribution is 7.19. The van der Waals surface area contributed by atoms with Crippen LogP contribution in [0.1, 0.15) is 4.88 Å². The minimum Gasteiger partial charge on any atom is -0.314 e. The summed E-state index contributed by atoms with van der Waals surface area (Å²) in [6.07, 6.45) is 0. The fourth-order valence-corrected chi connectivity index (χ4v) is 2.46. The van der Waals surface area contributed by atoms with Crippen LogP contribution in [0.5, 0.6) is 0 Å². The monoisotopic (exact) mass is 228 g/mol. The summed E-state index contributed by atoms with van der Waals surface area (Å²) in [5, 5.41) is 10.7. The molecule has 74 valence electrons. The van der Waals surface area contributed by atoms with Crippen molar-refractivity contribution in [2.75, 3.05) is 7.05 Å². The highest BCUT2D eigenvalue weighted by atomic mass is 35.5. The van der Waals surface area contributed by atoms with E-state index in [9.17, 15) is 0 Å². The average molecular weight is 229 g/mol. The summed E-state index contributed by atoms with van der Waals surface area (Å²) < 4.78 is 1.09. The number of hydroxylamine groups is 2. The van der Waals surface area contributed by atoms with Crippen LogP contribution in [-0.4, -0.2) is 22.3 Å². The summed E-state index contributed by atoms with van der Waals surface area (Å²) in [5.41, 5.74) is 0.888. The topological polar surface area (TPSA) is 36.4 Å². The molecule has 0 saturated carbocycles. The Balaban J connectivity index is 2.41. The molecule has 0 bridgehead atoms. The summed E-state index contributed by atoms with van der Waals surface area (Å²) in [7, 11) is 1.62. The number of thiophene rings is 1. The van der Waals surface area contributed by atoms with Gasteiger partial charge in [0, 0.05) is 11.9 Å². The van der Waals surface area contributed by atoms with Crippen molar-refractivity contribution in [3.8, 4) is 0 Å². The Morgan fingerprint density at radius 2 is 2.36 bits per heavy atom. The van der Waals surface area contributed by atoms with Crippen molar-refractivity contribution >= 4 is 33.2 Å². The van der Waals surface area contributed by atoms with Gasteiger partial charge in [-0.15, -0.1) is 11.3 Å². The number of halogens is 1. The van der Waals surface area contributed by atoms with Gasteiger partial charge in [0.15, 0.2) is 0 Å². The third kappa shape index (κ3) is 2.04. The molecule has 0 aliphatic rings. The molecule has 2 rings (SSSR count). The van der Waals surface area contributed by atoms with Crippen molar-refractivity contribution in [1.82, 2.24) is 10.0 Å². The van der Waals surface area contributed by atoms with Gasteiger partial charge >= 0.3 is 0 Å². The molecule has 14 heavy (non-hydrogen) atoms. The van der Waals surface area contributed by atoms with Gasteiger partial charge in [-0.05, 0) is 18.2 Å². The average Bonchev–Trinajstić information content (AvgIpc) is 2.44. The molecule has 0 unspecified atom stereocenters. The second kappa shape index (κ2) is 3.82. The number of hydrogen-bond acceptors (Lipinski definition) is 4. The van der Waals surface area contributed by atoms with Crippen molar-refractivity contribution in [1.29, 1.82) is 0 Å². The first-order valence-electron chi connectivity index (χ1n) is 4.10. The van der Waals surface area contributed by atoms with Crippen molar-refractivity contribution < 1.29 is 5.21 Å². The van der Waals surface area contributed by atoms with Gasteiger partial charge in [-0.3, -0.25) is 0 Å². The van der Waals surface area contributed by atoms with Crippen LogP contribution in [0.25, 0.3) is 10.2 Å². The van der Waals surface area contributed by atoms with E-state index in [-0.39, 0.29) is 0 Å². The van der Waals surface area contributed by atoms with Gasteiger partial charge < -0.3 is 5.21 Å². The maximum atomic E-state index is 9.08. The van der Waals surface area contributed by atoms with Crippen molar-refractivity contribution in [2.24, 2.45) is 0 Å². The molecular formula is C9H9ClN2OS. The molecule has 2 aromatic heterocycles. The predicted molar refractivity (Wildman–Crippen MR) is 57.9 cm³/mol. The van der Waals surface area contributed by atoms with Crippen LogP contribution in [0.4, 0.5) is 0 Å². The lowest BCUT2D eigenvalue weighted by Crippen LogP contribution is -2.10. The molecule has 0 aliphatic carbocycles. The molecular weight excluding hydrogens is 220 g/mol. The minimum absolute atomic E-state index is 0.499. The number of rotatable bonds is 2. The Kier molecular flexibility index (Phi) is 2.69. The summed E-state index contributed by atoms with van der Waals surface area (Å²) in [6, 6.07) is 5.65. The minimum atomic E-state index is 0.499. The van der Waals surface area contributed by atoms with Gasteiger partial charge in [0.05, 0.1) is 16.8 Å². The first kappa shape index (κ1) is 9.86. The molecule has 0 fully saturated rings. The zero-order valence-corrected chi connectivity index (χ0v) is 9.14. The first-order chi connectivity index (χ1) is 6.65. The van der Waals surface area contributed by atoms with Gasteiger partial charge in [0.25, 0.3) is 0 Å². The first-order valence-corrected chi connectivity index (χ1v) is 5.29. The second-order valence-corrected chi connectivity index (χ2v) is 4.60. The highest BCUT2D eigenvalue weighted by Gasteiger charge is 2.04. The van der Waals surface area contributed by atoms with E-state index in [2.05, 4.69) is 4.98 Å². The quantitative estimate of drug-likeness (QED) is 0.634.